The number of alkyl halides is 1. The van der Waals surface area contributed by atoms with Crippen molar-refractivity contribution in [2.75, 3.05) is 5.88 Å². The van der Waals surface area contributed by atoms with Crippen molar-refractivity contribution in [2.24, 2.45) is 0 Å². The summed E-state index contributed by atoms with van der Waals surface area (Å²) in [5.41, 5.74) is 1.22. The lowest BCUT2D eigenvalue weighted by Gasteiger charge is -1.96. The van der Waals surface area contributed by atoms with Gasteiger partial charge in [0, 0.05) is 10.8 Å². The molecule has 1 heterocycles. The van der Waals surface area contributed by atoms with Crippen LogP contribution in [-0.2, 0) is 0 Å². The summed E-state index contributed by atoms with van der Waals surface area (Å²) in [7, 11) is 0. The van der Waals surface area contributed by atoms with Gasteiger partial charge in [-0.15, -0.1) is 22.9 Å². The molecule has 1 aromatic rings. The fourth-order valence-electron chi connectivity index (χ4n) is 0.829. The number of hydrogen-bond acceptors (Lipinski definition) is 1. The van der Waals surface area contributed by atoms with E-state index in [2.05, 4.69) is 13.0 Å². The molecule has 0 saturated carbocycles. The van der Waals surface area contributed by atoms with Crippen molar-refractivity contribution in [1.29, 1.82) is 0 Å². The maximum Gasteiger partial charge on any atom is 0.0586 e. The number of allylic oxidation sites excluding steroid dienone is 1. The lowest BCUT2D eigenvalue weighted by molar-refractivity contribution is 1.12. The van der Waals surface area contributed by atoms with Crippen LogP contribution in [0.1, 0.15) is 18.2 Å². The van der Waals surface area contributed by atoms with Gasteiger partial charge in [-0.2, -0.15) is 0 Å². The highest BCUT2D eigenvalue weighted by Crippen LogP contribution is 2.25. The first-order valence-corrected chi connectivity index (χ1v) is 5.55. The van der Waals surface area contributed by atoms with Gasteiger partial charge in [0.15, 0.2) is 0 Å². The Balaban J connectivity index is 2.85. The minimum Gasteiger partial charge on any atom is -0.143 e. The molecule has 0 fully saturated rings. The Hall–Kier alpha value is 0.0200. The molecular weight excluding hydrogens is 211 g/mol. The van der Waals surface area contributed by atoms with Crippen LogP contribution in [-0.4, -0.2) is 5.88 Å². The summed E-state index contributed by atoms with van der Waals surface area (Å²) in [4.78, 5) is 1.11. The molecule has 0 unspecified atom stereocenters. The van der Waals surface area contributed by atoms with Gasteiger partial charge < -0.3 is 0 Å². The Kier molecular flexibility index (Phi) is 4.13. The quantitative estimate of drug-likeness (QED) is 0.662. The first kappa shape index (κ1) is 10.1. The van der Waals surface area contributed by atoms with Crippen LogP contribution < -0.4 is 0 Å². The predicted octanol–water partition coefficient (Wildman–Crippen LogP) is 4.43. The zero-order valence-electron chi connectivity index (χ0n) is 6.81. The zero-order chi connectivity index (χ0) is 8.97. The zero-order valence-corrected chi connectivity index (χ0v) is 9.14. The Bertz CT molecular complexity index is 270. The average molecular weight is 221 g/mol. The van der Waals surface area contributed by atoms with Crippen LogP contribution in [0.4, 0.5) is 0 Å². The molecule has 0 aliphatic carbocycles. The van der Waals surface area contributed by atoms with Gasteiger partial charge in [-0.05, 0) is 23.9 Å². The third-order valence-corrected chi connectivity index (χ3v) is 3.25. The first-order valence-electron chi connectivity index (χ1n) is 3.76. The molecule has 0 saturated heterocycles. The van der Waals surface area contributed by atoms with Crippen molar-refractivity contribution in [2.45, 2.75) is 13.3 Å². The summed E-state index contributed by atoms with van der Waals surface area (Å²) >= 11 is 13.3. The molecule has 3 heteroatoms. The molecule has 0 N–H and O–H groups in total. The fraction of sp³-hybridized carbons (Fsp3) is 0.333. The van der Waals surface area contributed by atoms with E-state index in [4.69, 9.17) is 23.2 Å². The summed E-state index contributed by atoms with van der Waals surface area (Å²) in [6, 6.07) is 1.90. The van der Waals surface area contributed by atoms with E-state index in [9.17, 15) is 0 Å². The van der Waals surface area contributed by atoms with Crippen LogP contribution in [0.5, 0.6) is 0 Å². The second-order valence-corrected chi connectivity index (χ2v) is 4.04. The smallest absolute Gasteiger partial charge is 0.0586 e. The minimum atomic E-state index is 0.588. The number of rotatable bonds is 3. The molecule has 0 amide bonds. The second kappa shape index (κ2) is 4.90. The summed E-state index contributed by atoms with van der Waals surface area (Å²) < 4.78 is 0. The van der Waals surface area contributed by atoms with Crippen LogP contribution in [0.15, 0.2) is 17.0 Å². The molecule has 0 aromatic carbocycles. The van der Waals surface area contributed by atoms with E-state index in [1.54, 1.807) is 11.3 Å². The maximum atomic E-state index is 5.92. The third-order valence-electron chi connectivity index (χ3n) is 1.61. The molecule has 0 aliphatic heterocycles. The van der Waals surface area contributed by atoms with E-state index < -0.39 is 0 Å². The highest BCUT2D eigenvalue weighted by atomic mass is 35.5. The van der Waals surface area contributed by atoms with Gasteiger partial charge in [-0.3, -0.25) is 0 Å². The largest absolute Gasteiger partial charge is 0.143 e. The topological polar surface area (TPSA) is 0 Å². The molecule has 0 bridgehead atoms. The normalized spacial score (nSPS) is 12.1. The molecule has 0 spiro atoms. The van der Waals surface area contributed by atoms with Crippen molar-refractivity contribution in [3.05, 3.63) is 26.9 Å². The lowest BCUT2D eigenvalue weighted by Crippen LogP contribution is -1.80. The van der Waals surface area contributed by atoms with E-state index >= 15 is 0 Å². The number of hydrogen-bond donors (Lipinski definition) is 0. The van der Waals surface area contributed by atoms with E-state index in [-0.39, 0.29) is 0 Å². The van der Waals surface area contributed by atoms with Crippen molar-refractivity contribution in [3.8, 4) is 0 Å². The maximum absolute atomic E-state index is 5.92. The van der Waals surface area contributed by atoms with E-state index in [1.807, 2.05) is 11.4 Å². The number of thiophene rings is 1. The van der Waals surface area contributed by atoms with Gasteiger partial charge in [0.2, 0.25) is 0 Å². The highest BCUT2D eigenvalue weighted by molar-refractivity contribution is 7.11. The predicted molar refractivity (Wildman–Crippen MR) is 58.3 cm³/mol. The fourth-order valence-corrected chi connectivity index (χ4v) is 2.19. The van der Waals surface area contributed by atoms with Gasteiger partial charge in [0.25, 0.3) is 0 Å². The van der Waals surface area contributed by atoms with E-state index in [0.29, 0.717) is 5.88 Å². The van der Waals surface area contributed by atoms with E-state index in [1.165, 1.54) is 5.57 Å². The SMILES string of the molecule is CC/C(=C/c1sccc1Cl)CCl. The van der Waals surface area contributed by atoms with Crippen molar-refractivity contribution in [3.63, 3.8) is 0 Å². The molecule has 66 valence electrons. The van der Waals surface area contributed by atoms with Crippen molar-refractivity contribution in [1.82, 2.24) is 0 Å². The van der Waals surface area contributed by atoms with Crippen LogP contribution in [0, 0.1) is 0 Å². The van der Waals surface area contributed by atoms with Gasteiger partial charge in [-0.1, -0.05) is 24.1 Å². The first-order chi connectivity index (χ1) is 5.77. The summed E-state index contributed by atoms with van der Waals surface area (Å²) in [5, 5.41) is 2.80. The molecule has 0 atom stereocenters. The Morgan fingerprint density at radius 1 is 1.67 bits per heavy atom. The monoisotopic (exact) mass is 220 g/mol. The number of halogens is 2. The third kappa shape index (κ3) is 2.51. The minimum absolute atomic E-state index is 0.588. The Morgan fingerprint density at radius 3 is 2.83 bits per heavy atom. The molecule has 0 aliphatic rings. The molecule has 1 rings (SSSR count). The molecule has 1 aromatic heterocycles. The van der Waals surface area contributed by atoms with Crippen molar-refractivity contribution >= 4 is 40.6 Å². The van der Waals surface area contributed by atoms with E-state index in [0.717, 1.165) is 16.3 Å². The Labute approximate surface area is 86.8 Å². The summed E-state index contributed by atoms with van der Waals surface area (Å²) in [5.74, 6) is 0.588. The average Bonchev–Trinajstić information content (AvgIpc) is 2.47. The Morgan fingerprint density at radius 2 is 2.42 bits per heavy atom. The highest BCUT2D eigenvalue weighted by Gasteiger charge is 1.99. The lowest BCUT2D eigenvalue weighted by atomic mass is 10.2. The second-order valence-electron chi connectivity index (χ2n) is 2.42. The van der Waals surface area contributed by atoms with Crippen LogP contribution in [0.2, 0.25) is 5.02 Å². The van der Waals surface area contributed by atoms with Gasteiger partial charge in [0.05, 0.1) is 5.02 Å². The summed E-state index contributed by atoms with van der Waals surface area (Å²) in [6.07, 6.45) is 3.05. The summed E-state index contributed by atoms with van der Waals surface area (Å²) in [6.45, 7) is 2.09. The van der Waals surface area contributed by atoms with Gasteiger partial charge >= 0.3 is 0 Å². The van der Waals surface area contributed by atoms with Crippen LogP contribution >= 0.6 is 34.5 Å². The van der Waals surface area contributed by atoms with Gasteiger partial charge in [0.1, 0.15) is 0 Å². The molecular formula is C9H10Cl2S. The standard InChI is InChI=1S/C9H10Cl2S/c1-2-7(6-10)5-9-8(11)3-4-12-9/h3-5H,2,6H2,1H3/b7-5-. The van der Waals surface area contributed by atoms with Gasteiger partial charge in [-0.25, -0.2) is 0 Å². The van der Waals surface area contributed by atoms with Crippen LogP contribution in [0.3, 0.4) is 0 Å². The molecule has 12 heavy (non-hydrogen) atoms. The molecule has 0 nitrogen and oxygen atoms in total. The van der Waals surface area contributed by atoms with Crippen LogP contribution in [0.25, 0.3) is 6.08 Å². The van der Waals surface area contributed by atoms with Crippen molar-refractivity contribution < 1.29 is 0 Å². The molecule has 0 radical (unpaired) electrons.